The largest absolute Gasteiger partial charge is 1.00 e. The molecule has 0 radical (unpaired) electrons. The van der Waals surface area contributed by atoms with Gasteiger partial charge >= 0.3 is 69.0 Å². The van der Waals surface area contributed by atoms with Gasteiger partial charge in [0.2, 0.25) is 0 Å². The summed E-state index contributed by atoms with van der Waals surface area (Å²) < 4.78 is 0.611. The average molecular weight is 280 g/mol. The minimum atomic E-state index is -1.72. The van der Waals surface area contributed by atoms with Crippen molar-refractivity contribution in [2.45, 2.75) is 6.54 Å². The maximum atomic E-state index is 11.3. The molecule has 0 spiro atoms. The summed E-state index contributed by atoms with van der Waals surface area (Å²) in [5, 5.41) is 17.6. The van der Waals surface area contributed by atoms with Crippen LogP contribution in [0.15, 0.2) is 22.2 Å². The first-order valence-corrected chi connectivity index (χ1v) is 4.34. The van der Waals surface area contributed by atoms with E-state index in [1.807, 2.05) is 0 Å². The summed E-state index contributed by atoms with van der Waals surface area (Å²) in [6, 6.07) is 0. The van der Waals surface area contributed by atoms with Crippen LogP contribution in [0.5, 0.6) is 0 Å². The Morgan fingerprint density at radius 2 is 1.89 bits per heavy atom. The SMILES string of the molecule is C=CCn1c(C(=O)O)c(C(=O)O)c(=O)[nH]c1=O.[H-].[K+]. The van der Waals surface area contributed by atoms with E-state index in [4.69, 9.17) is 10.2 Å². The van der Waals surface area contributed by atoms with Crippen LogP contribution in [0.3, 0.4) is 0 Å². The molecule has 0 aliphatic heterocycles. The third kappa shape index (κ3) is 3.26. The molecule has 0 aromatic carbocycles. The molecule has 92 valence electrons. The number of aromatic nitrogens is 2. The quantitative estimate of drug-likeness (QED) is 0.383. The molecule has 0 bridgehead atoms. The number of aromatic amines is 1. The van der Waals surface area contributed by atoms with E-state index >= 15 is 0 Å². The number of nitrogens with zero attached hydrogens (tertiary/aromatic N) is 1. The first-order valence-electron chi connectivity index (χ1n) is 4.34. The van der Waals surface area contributed by atoms with Crippen LogP contribution in [0.25, 0.3) is 0 Å². The molecule has 8 nitrogen and oxygen atoms in total. The van der Waals surface area contributed by atoms with Crippen LogP contribution in [0.4, 0.5) is 0 Å². The fourth-order valence-corrected chi connectivity index (χ4v) is 1.30. The van der Waals surface area contributed by atoms with Crippen molar-refractivity contribution in [3.05, 3.63) is 44.8 Å². The fraction of sp³-hybridized carbons (Fsp3) is 0.111. The predicted molar refractivity (Wildman–Crippen MR) is 56.6 cm³/mol. The third-order valence-electron chi connectivity index (χ3n) is 1.93. The standard InChI is InChI=1S/C9H8N2O6.K.H/c1-2-3-11-5(8(15)16)4(7(13)14)6(12)10-9(11)17;;/h2H,1,3H2,(H,13,14)(H,15,16)(H,10,12,17);;/q;+1;-1. The van der Waals surface area contributed by atoms with E-state index in [1.54, 1.807) is 4.98 Å². The van der Waals surface area contributed by atoms with Crippen LogP contribution in [-0.2, 0) is 6.54 Å². The molecule has 0 aliphatic carbocycles. The van der Waals surface area contributed by atoms with Gasteiger partial charge in [-0.3, -0.25) is 14.3 Å². The normalized spacial score (nSPS) is 9.33. The zero-order valence-electron chi connectivity index (χ0n) is 10.5. The molecule has 1 aromatic rings. The zero-order valence-corrected chi connectivity index (χ0v) is 12.6. The molecular weight excluding hydrogens is 271 g/mol. The van der Waals surface area contributed by atoms with Crippen molar-refractivity contribution >= 4 is 11.9 Å². The van der Waals surface area contributed by atoms with Crippen molar-refractivity contribution in [3.8, 4) is 0 Å². The van der Waals surface area contributed by atoms with Gasteiger partial charge in [0, 0.05) is 6.54 Å². The Kier molecular flexibility index (Phi) is 6.42. The van der Waals surface area contributed by atoms with E-state index < -0.39 is 34.4 Å². The number of hydrogen-bond donors (Lipinski definition) is 3. The first kappa shape index (κ1) is 17.0. The predicted octanol–water partition coefficient (Wildman–Crippen LogP) is -3.76. The number of H-pyrrole nitrogens is 1. The molecule has 1 aromatic heterocycles. The molecule has 0 saturated heterocycles. The zero-order chi connectivity index (χ0) is 13.2. The van der Waals surface area contributed by atoms with E-state index in [0.29, 0.717) is 4.57 Å². The van der Waals surface area contributed by atoms with Crippen molar-refractivity contribution in [1.82, 2.24) is 9.55 Å². The number of carbonyl (C=O) groups is 2. The molecule has 0 unspecified atom stereocenters. The van der Waals surface area contributed by atoms with E-state index in [2.05, 4.69) is 6.58 Å². The second kappa shape index (κ2) is 6.80. The minimum absolute atomic E-state index is 0. The smallest absolute Gasteiger partial charge is 1.00 e. The Bertz CT molecular complexity index is 620. The van der Waals surface area contributed by atoms with Crippen molar-refractivity contribution in [2.75, 3.05) is 0 Å². The van der Waals surface area contributed by atoms with E-state index in [9.17, 15) is 19.2 Å². The van der Waals surface area contributed by atoms with Gasteiger partial charge in [-0.25, -0.2) is 14.4 Å². The van der Waals surface area contributed by atoms with Gasteiger partial charge in [0.15, 0.2) is 11.3 Å². The van der Waals surface area contributed by atoms with Gasteiger partial charge in [-0.15, -0.1) is 6.58 Å². The summed E-state index contributed by atoms with van der Waals surface area (Å²) >= 11 is 0. The fourth-order valence-electron chi connectivity index (χ4n) is 1.30. The monoisotopic (exact) mass is 280 g/mol. The number of allylic oxidation sites excluding steroid dienone is 1. The molecule has 0 fully saturated rings. The Morgan fingerprint density at radius 3 is 2.28 bits per heavy atom. The van der Waals surface area contributed by atoms with Gasteiger partial charge in [-0.2, -0.15) is 0 Å². The summed E-state index contributed by atoms with van der Waals surface area (Å²) in [5.74, 6) is -3.39. The number of nitrogens with one attached hydrogen (secondary N) is 1. The van der Waals surface area contributed by atoms with Crippen LogP contribution in [0, 0.1) is 0 Å². The van der Waals surface area contributed by atoms with Gasteiger partial charge in [-0.05, 0) is 0 Å². The molecule has 0 aliphatic rings. The van der Waals surface area contributed by atoms with E-state index in [0.717, 1.165) is 0 Å². The summed E-state index contributed by atoms with van der Waals surface area (Å²) in [4.78, 5) is 46.0. The van der Waals surface area contributed by atoms with Crippen LogP contribution < -0.4 is 62.6 Å². The van der Waals surface area contributed by atoms with Gasteiger partial charge in [0.1, 0.15) is 0 Å². The number of rotatable bonds is 4. The van der Waals surface area contributed by atoms with E-state index in [-0.39, 0.29) is 59.4 Å². The molecule has 9 heteroatoms. The molecule has 1 heterocycles. The van der Waals surface area contributed by atoms with Crippen LogP contribution >= 0.6 is 0 Å². The Hall–Kier alpha value is -1.00. The van der Waals surface area contributed by atoms with Crippen LogP contribution in [-0.4, -0.2) is 31.7 Å². The maximum absolute atomic E-state index is 11.3. The molecule has 0 saturated carbocycles. The number of aromatic carboxylic acids is 2. The van der Waals surface area contributed by atoms with Crippen molar-refractivity contribution < 1.29 is 72.6 Å². The second-order valence-corrected chi connectivity index (χ2v) is 2.99. The van der Waals surface area contributed by atoms with Gasteiger partial charge in [-0.1, -0.05) is 6.08 Å². The average Bonchev–Trinajstić information content (AvgIpc) is 2.20. The van der Waals surface area contributed by atoms with Gasteiger partial charge < -0.3 is 11.6 Å². The van der Waals surface area contributed by atoms with Crippen LogP contribution in [0.1, 0.15) is 22.3 Å². The number of carboxylic acid groups (broad SMARTS) is 2. The van der Waals surface area contributed by atoms with Gasteiger partial charge in [0.25, 0.3) is 5.56 Å². The van der Waals surface area contributed by atoms with Crippen LogP contribution in [0.2, 0.25) is 0 Å². The maximum Gasteiger partial charge on any atom is 1.00 e. The Morgan fingerprint density at radius 1 is 1.33 bits per heavy atom. The molecule has 1 rings (SSSR count). The summed E-state index contributed by atoms with van der Waals surface area (Å²) in [5.41, 5.74) is -4.11. The molecule has 3 N–H and O–H groups in total. The first-order chi connectivity index (χ1) is 7.90. The Labute approximate surface area is 144 Å². The Balaban J connectivity index is 0. The minimum Gasteiger partial charge on any atom is -1.00 e. The van der Waals surface area contributed by atoms with Crippen molar-refractivity contribution in [2.24, 2.45) is 0 Å². The molecule has 18 heavy (non-hydrogen) atoms. The van der Waals surface area contributed by atoms with Crippen molar-refractivity contribution in [1.29, 1.82) is 0 Å². The summed E-state index contributed by atoms with van der Waals surface area (Å²) in [7, 11) is 0. The van der Waals surface area contributed by atoms with Gasteiger partial charge in [0.05, 0.1) is 0 Å². The number of hydrogen-bond acceptors (Lipinski definition) is 4. The second-order valence-electron chi connectivity index (χ2n) is 2.99. The third-order valence-corrected chi connectivity index (χ3v) is 1.93. The molecular formula is C9H9KN2O6. The summed E-state index contributed by atoms with van der Waals surface area (Å²) in [6.45, 7) is 3.08. The summed E-state index contributed by atoms with van der Waals surface area (Å²) in [6.07, 6.45) is 1.21. The van der Waals surface area contributed by atoms with E-state index in [1.165, 1.54) is 6.08 Å². The number of carboxylic acids is 2. The molecule has 0 amide bonds. The topological polar surface area (TPSA) is 129 Å². The van der Waals surface area contributed by atoms with Crippen molar-refractivity contribution in [3.63, 3.8) is 0 Å². The molecule has 0 atom stereocenters.